The largest absolute Gasteiger partial charge is 0.467 e. The molecular formula is C23H23FN2O5. The predicted octanol–water partition coefficient (Wildman–Crippen LogP) is 2.11. The Balaban J connectivity index is 1.97. The fourth-order valence-electron chi connectivity index (χ4n) is 3.81. The second-order valence-electron chi connectivity index (χ2n) is 7.29. The zero-order valence-corrected chi connectivity index (χ0v) is 17.2. The molecule has 0 unspecified atom stereocenters. The molecule has 0 bridgehead atoms. The highest BCUT2D eigenvalue weighted by atomic mass is 19.1. The monoisotopic (exact) mass is 426 g/mol. The first-order valence-corrected chi connectivity index (χ1v) is 9.75. The molecule has 1 aromatic carbocycles. The van der Waals surface area contributed by atoms with E-state index in [-0.39, 0.29) is 38.2 Å². The van der Waals surface area contributed by atoms with Crippen LogP contribution in [0.5, 0.6) is 0 Å². The van der Waals surface area contributed by atoms with Crippen molar-refractivity contribution in [2.75, 3.05) is 26.8 Å². The van der Waals surface area contributed by atoms with Gasteiger partial charge in [-0.1, -0.05) is 24.1 Å². The van der Waals surface area contributed by atoms with E-state index < -0.39 is 35.4 Å². The highest BCUT2D eigenvalue weighted by molar-refractivity contribution is 6.10. The number of hydrogen-bond donors (Lipinski definition) is 0. The molecule has 1 saturated heterocycles. The Morgan fingerprint density at radius 3 is 2.74 bits per heavy atom. The molecule has 2 heterocycles. The Labute approximate surface area is 179 Å². The number of imide groups is 1. The summed E-state index contributed by atoms with van der Waals surface area (Å²) in [5, 5.41) is 0. The lowest BCUT2D eigenvalue weighted by atomic mass is 9.75. The Kier molecular flexibility index (Phi) is 6.88. The molecule has 0 N–H and O–H groups in total. The summed E-state index contributed by atoms with van der Waals surface area (Å²) in [6.45, 7) is 0.237. The number of hydrogen-bond acceptors (Lipinski definition) is 5. The van der Waals surface area contributed by atoms with Gasteiger partial charge in [-0.05, 0) is 18.2 Å². The van der Waals surface area contributed by atoms with E-state index in [2.05, 4.69) is 5.92 Å². The van der Waals surface area contributed by atoms with Crippen LogP contribution in [0.2, 0.25) is 0 Å². The molecular weight excluding hydrogens is 403 g/mol. The van der Waals surface area contributed by atoms with Gasteiger partial charge in [0, 0.05) is 25.5 Å². The summed E-state index contributed by atoms with van der Waals surface area (Å²) in [7, 11) is 1.45. The molecule has 31 heavy (non-hydrogen) atoms. The maximum atomic E-state index is 14.8. The van der Waals surface area contributed by atoms with Gasteiger partial charge < -0.3 is 14.1 Å². The highest BCUT2D eigenvalue weighted by Gasteiger charge is 2.55. The van der Waals surface area contributed by atoms with Gasteiger partial charge in [-0.2, -0.15) is 0 Å². The highest BCUT2D eigenvalue weighted by Crippen LogP contribution is 2.41. The number of benzene rings is 1. The van der Waals surface area contributed by atoms with E-state index in [0.29, 0.717) is 5.76 Å². The van der Waals surface area contributed by atoms with Crippen LogP contribution in [-0.4, -0.2) is 54.3 Å². The standard InChI is InChI=1S/C23H23FN2O5/c1-3-10-25(16-17-7-6-12-31-17)20(27)14-23(18-8-4-5-9-19(18)24)15-21(28)26(22(23)29)11-13-30-2/h1,4-9,12H,10-11,13-16H2,2H3/t23-/m1/s1. The van der Waals surface area contributed by atoms with E-state index in [1.807, 2.05) is 0 Å². The van der Waals surface area contributed by atoms with Gasteiger partial charge in [0.15, 0.2) is 0 Å². The molecule has 1 aromatic heterocycles. The quantitative estimate of drug-likeness (QED) is 0.453. The fourth-order valence-corrected chi connectivity index (χ4v) is 3.81. The fraction of sp³-hybridized carbons (Fsp3) is 0.348. The first-order chi connectivity index (χ1) is 14.9. The topological polar surface area (TPSA) is 80.1 Å². The zero-order chi connectivity index (χ0) is 22.4. The Morgan fingerprint density at radius 1 is 1.32 bits per heavy atom. The molecule has 3 amide bonds. The first-order valence-electron chi connectivity index (χ1n) is 9.75. The molecule has 0 spiro atoms. The summed E-state index contributed by atoms with van der Waals surface area (Å²) in [6.07, 6.45) is 6.18. The maximum absolute atomic E-state index is 14.8. The van der Waals surface area contributed by atoms with E-state index in [4.69, 9.17) is 15.6 Å². The lowest BCUT2D eigenvalue weighted by Gasteiger charge is -2.30. The molecule has 1 atom stereocenters. The number of furan rings is 1. The minimum absolute atomic E-state index is 0.0141. The number of amides is 3. The van der Waals surface area contributed by atoms with Crippen molar-refractivity contribution >= 4 is 17.7 Å². The molecule has 3 rings (SSSR count). The molecule has 8 heteroatoms. The van der Waals surface area contributed by atoms with Crippen LogP contribution >= 0.6 is 0 Å². The number of carbonyl (C=O) groups is 3. The average molecular weight is 426 g/mol. The first kappa shape index (κ1) is 22.2. The van der Waals surface area contributed by atoms with Crippen LogP contribution in [0.3, 0.4) is 0 Å². The number of terminal acetylenes is 1. The molecule has 162 valence electrons. The summed E-state index contributed by atoms with van der Waals surface area (Å²) < 4.78 is 25.1. The van der Waals surface area contributed by atoms with Gasteiger partial charge in [-0.3, -0.25) is 19.3 Å². The van der Waals surface area contributed by atoms with E-state index in [0.717, 1.165) is 4.90 Å². The molecule has 1 aliphatic heterocycles. The second kappa shape index (κ2) is 9.58. The van der Waals surface area contributed by atoms with Crippen molar-refractivity contribution < 1.29 is 27.9 Å². The lowest BCUT2D eigenvalue weighted by Crippen LogP contribution is -2.44. The van der Waals surface area contributed by atoms with Crippen molar-refractivity contribution in [3.05, 3.63) is 59.8 Å². The average Bonchev–Trinajstić information content (AvgIpc) is 3.34. The van der Waals surface area contributed by atoms with Gasteiger partial charge in [0.2, 0.25) is 17.7 Å². The zero-order valence-electron chi connectivity index (χ0n) is 17.2. The predicted molar refractivity (Wildman–Crippen MR) is 109 cm³/mol. The SMILES string of the molecule is C#CCN(Cc1ccco1)C(=O)C[C@]1(c2ccccc2F)CC(=O)N(CCOC)C1=O. The van der Waals surface area contributed by atoms with Gasteiger partial charge in [-0.15, -0.1) is 6.42 Å². The minimum atomic E-state index is -1.65. The van der Waals surface area contributed by atoms with Gasteiger partial charge in [0.1, 0.15) is 11.6 Å². The number of carbonyl (C=O) groups excluding carboxylic acids is 3. The summed E-state index contributed by atoms with van der Waals surface area (Å²) in [6, 6.07) is 9.08. The number of ether oxygens (including phenoxy) is 1. The summed E-state index contributed by atoms with van der Waals surface area (Å²) >= 11 is 0. The van der Waals surface area contributed by atoms with Gasteiger partial charge in [0.05, 0.1) is 37.9 Å². The van der Waals surface area contributed by atoms with Crippen molar-refractivity contribution in [1.29, 1.82) is 0 Å². The number of rotatable bonds is 9. The third-order valence-electron chi connectivity index (χ3n) is 5.33. The molecule has 0 aliphatic carbocycles. The van der Waals surface area contributed by atoms with E-state index in [9.17, 15) is 18.8 Å². The Bertz CT molecular complexity index is 998. The number of nitrogens with zero attached hydrogens (tertiary/aromatic N) is 2. The third-order valence-corrected chi connectivity index (χ3v) is 5.33. The van der Waals surface area contributed by atoms with Crippen molar-refractivity contribution in [2.45, 2.75) is 24.8 Å². The Morgan fingerprint density at radius 2 is 2.10 bits per heavy atom. The second-order valence-corrected chi connectivity index (χ2v) is 7.29. The number of likely N-dealkylation sites (tertiary alicyclic amines) is 1. The van der Waals surface area contributed by atoms with Crippen molar-refractivity contribution in [2.24, 2.45) is 0 Å². The number of methoxy groups -OCH3 is 1. The van der Waals surface area contributed by atoms with E-state index >= 15 is 0 Å². The summed E-state index contributed by atoms with van der Waals surface area (Å²) in [5.41, 5.74) is -1.64. The van der Waals surface area contributed by atoms with E-state index in [1.54, 1.807) is 18.2 Å². The van der Waals surface area contributed by atoms with Gasteiger partial charge >= 0.3 is 0 Å². The van der Waals surface area contributed by atoms with Crippen molar-refractivity contribution in [3.8, 4) is 12.3 Å². The molecule has 1 fully saturated rings. The normalized spacial score (nSPS) is 18.3. The van der Waals surface area contributed by atoms with Crippen molar-refractivity contribution in [1.82, 2.24) is 9.80 Å². The van der Waals surface area contributed by atoms with Crippen molar-refractivity contribution in [3.63, 3.8) is 0 Å². The molecule has 7 nitrogen and oxygen atoms in total. The van der Waals surface area contributed by atoms with Crippen LogP contribution in [0.4, 0.5) is 4.39 Å². The molecule has 0 radical (unpaired) electrons. The smallest absolute Gasteiger partial charge is 0.241 e. The van der Waals surface area contributed by atoms with Crippen LogP contribution < -0.4 is 0 Å². The molecule has 0 saturated carbocycles. The minimum Gasteiger partial charge on any atom is -0.467 e. The van der Waals surface area contributed by atoms with Crippen LogP contribution in [0, 0.1) is 18.2 Å². The van der Waals surface area contributed by atoms with Gasteiger partial charge in [-0.25, -0.2) is 4.39 Å². The Hall–Kier alpha value is -3.44. The lowest BCUT2D eigenvalue weighted by molar-refractivity contribution is -0.143. The summed E-state index contributed by atoms with van der Waals surface area (Å²) in [4.78, 5) is 41.7. The third kappa shape index (κ3) is 4.52. The number of halogens is 1. The maximum Gasteiger partial charge on any atom is 0.241 e. The summed E-state index contributed by atoms with van der Waals surface area (Å²) in [5.74, 6) is 0.700. The molecule has 2 aromatic rings. The van der Waals surface area contributed by atoms with Crippen LogP contribution in [0.15, 0.2) is 47.1 Å². The van der Waals surface area contributed by atoms with E-state index in [1.165, 1.54) is 36.5 Å². The molecule has 1 aliphatic rings. The van der Waals surface area contributed by atoms with Crippen LogP contribution in [0.1, 0.15) is 24.2 Å². The van der Waals surface area contributed by atoms with Crippen LogP contribution in [-0.2, 0) is 31.1 Å². The van der Waals surface area contributed by atoms with Crippen LogP contribution in [0.25, 0.3) is 0 Å². The van der Waals surface area contributed by atoms with Gasteiger partial charge in [0.25, 0.3) is 0 Å².